The van der Waals surface area contributed by atoms with Gasteiger partial charge in [0, 0.05) is 38.2 Å². The summed E-state index contributed by atoms with van der Waals surface area (Å²) in [5, 5.41) is 15.5. The highest BCUT2D eigenvalue weighted by atomic mass is 19.1. The summed E-state index contributed by atoms with van der Waals surface area (Å²) in [5.41, 5.74) is 0.125. The van der Waals surface area contributed by atoms with Crippen LogP contribution in [-0.2, 0) is 6.54 Å². The molecule has 1 aromatic carbocycles. The largest absolute Gasteiger partial charge is 0.494 e. The van der Waals surface area contributed by atoms with Crippen molar-refractivity contribution in [2.24, 2.45) is 0 Å². The quantitative estimate of drug-likeness (QED) is 0.548. The minimum absolute atomic E-state index is 0.00102. The molecule has 2 aliphatic rings. The first kappa shape index (κ1) is 18.6. The van der Waals surface area contributed by atoms with Crippen molar-refractivity contribution in [1.29, 1.82) is 0 Å². The van der Waals surface area contributed by atoms with Crippen molar-refractivity contribution in [2.45, 2.75) is 31.7 Å². The molecule has 1 saturated heterocycles. The number of ether oxygens (including phenoxy) is 1. The Bertz CT molecular complexity index is 870. The van der Waals surface area contributed by atoms with Crippen LogP contribution in [0.4, 0.5) is 15.8 Å². The van der Waals surface area contributed by atoms with Crippen molar-refractivity contribution in [1.82, 2.24) is 15.0 Å². The molecule has 1 aliphatic carbocycles. The molecule has 2 heterocycles. The lowest BCUT2D eigenvalue weighted by atomic mass is 10.2. The normalized spacial score (nSPS) is 18.1. The van der Waals surface area contributed by atoms with E-state index < -0.39 is 10.7 Å². The number of hydrogen-bond donors (Lipinski definition) is 0. The lowest BCUT2D eigenvalue weighted by Crippen LogP contribution is -2.31. The molecule has 1 aromatic heterocycles. The number of halogens is 1. The van der Waals surface area contributed by atoms with E-state index in [1.54, 1.807) is 0 Å². The summed E-state index contributed by atoms with van der Waals surface area (Å²) in [5.74, 6) is 1.08. The molecule has 0 radical (unpaired) electrons. The second-order valence-electron chi connectivity index (χ2n) is 7.17. The van der Waals surface area contributed by atoms with Crippen LogP contribution in [0.5, 0.6) is 5.75 Å². The highest BCUT2D eigenvalue weighted by Gasteiger charge is 2.30. The number of anilines is 1. The van der Waals surface area contributed by atoms with Gasteiger partial charge in [-0.3, -0.25) is 15.0 Å². The Morgan fingerprint density at radius 1 is 1.32 bits per heavy atom. The average molecular weight is 391 g/mol. The van der Waals surface area contributed by atoms with E-state index in [9.17, 15) is 14.5 Å². The van der Waals surface area contributed by atoms with E-state index in [0.717, 1.165) is 37.8 Å². The van der Waals surface area contributed by atoms with Gasteiger partial charge in [0.05, 0.1) is 24.6 Å². The van der Waals surface area contributed by atoms with Crippen molar-refractivity contribution >= 4 is 11.4 Å². The molecule has 2 fully saturated rings. The molecule has 0 spiro atoms. The molecule has 0 atom stereocenters. The number of benzene rings is 1. The second kappa shape index (κ2) is 7.70. The Kier molecular flexibility index (Phi) is 5.12. The van der Waals surface area contributed by atoms with E-state index in [1.807, 2.05) is 4.90 Å². The number of nitrogens with zero attached hydrogens (tertiary/aromatic N) is 5. The van der Waals surface area contributed by atoms with Gasteiger partial charge in [0.25, 0.3) is 5.69 Å². The fourth-order valence-electron chi connectivity index (χ4n) is 3.49. The van der Waals surface area contributed by atoms with Gasteiger partial charge in [-0.2, -0.15) is 4.98 Å². The Morgan fingerprint density at radius 3 is 2.86 bits per heavy atom. The molecule has 10 heteroatoms. The molecule has 0 bridgehead atoms. The topological polar surface area (TPSA) is 97.8 Å². The molecule has 1 aliphatic heterocycles. The summed E-state index contributed by atoms with van der Waals surface area (Å²) < 4.78 is 24.2. The highest BCUT2D eigenvalue weighted by Crippen LogP contribution is 2.39. The van der Waals surface area contributed by atoms with Crippen molar-refractivity contribution < 1.29 is 18.6 Å². The maximum Gasteiger partial charge on any atom is 0.295 e. The summed E-state index contributed by atoms with van der Waals surface area (Å²) in [7, 11) is 1.35. The lowest BCUT2D eigenvalue weighted by Gasteiger charge is -2.23. The van der Waals surface area contributed by atoms with Crippen LogP contribution in [-0.4, -0.2) is 53.3 Å². The zero-order chi connectivity index (χ0) is 19.7. The van der Waals surface area contributed by atoms with Crippen molar-refractivity contribution in [3.05, 3.63) is 39.8 Å². The first-order valence-electron chi connectivity index (χ1n) is 9.37. The number of hydrogen-bond acceptors (Lipinski definition) is 8. The summed E-state index contributed by atoms with van der Waals surface area (Å²) >= 11 is 0. The average Bonchev–Trinajstić information content (AvgIpc) is 3.46. The van der Waals surface area contributed by atoms with Gasteiger partial charge < -0.3 is 14.2 Å². The summed E-state index contributed by atoms with van der Waals surface area (Å²) in [6.45, 7) is 3.29. The SMILES string of the molecule is COc1cc(N2CCCN(Cc3noc(C4CC4)n3)CC2)c([N+](=O)[O-])cc1F. The van der Waals surface area contributed by atoms with E-state index in [4.69, 9.17) is 9.26 Å². The minimum atomic E-state index is -0.738. The second-order valence-corrected chi connectivity index (χ2v) is 7.17. The molecule has 150 valence electrons. The van der Waals surface area contributed by atoms with E-state index in [0.29, 0.717) is 43.6 Å². The van der Waals surface area contributed by atoms with E-state index in [1.165, 1.54) is 13.2 Å². The van der Waals surface area contributed by atoms with E-state index in [-0.39, 0.29) is 11.4 Å². The van der Waals surface area contributed by atoms with Crippen LogP contribution in [0.25, 0.3) is 0 Å². The van der Waals surface area contributed by atoms with Crippen LogP contribution < -0.4 is 9.64 Å². The number of nitro groups is 1. The third-order valence-electron chi connectivity index (χ3n) is 5.15. The smallest absolute Gasteiger partial charge is 0.295 e. The standard InChI is InChI=1S/C18H22FN5O4/c1-27-16-10-14(15(24(25)26)9-13(16)19)23-6-2-5-22(7-8-23)11-17-20-18(28-21-17)12-3-4-12/h9-10,12H,2-8,11H2,1H3. The van der Waals surface area contributed by atoms with Gasteiger partial charge in [-0.25, -0.2) is 4.39 Å². The van der Waals surface area contributed by atoms with Crippen LogP contribution in [0, 0.1) is 15.9 Å². The fraction of sp³-hybridized carbons (Fsp3) is 0.556. The molecule has 4 rings (SSSR count). The number of nitro benzene ring substituents is 1. The highest BCUT2D eigenvalue weighted by molar-refractivity contribution is 5.66. The number of rotatable bonds is 6. The van der Waals surface area contributed by atoms with E-state index in [2.05, 4.69) is 15.0 Å². The summed E-state index contributed by atoms with van der Waals surface area (Å²) in [6, 6.07) is 2.33. The molecule has 2 aromatic rings. The van der Waals surface area contributed by atoms with Gasteiger partial charge in [-0.05, 0) is 19.3 Å². The van der Waals surface area contributed by atoms with Gasteiger partial charge in [-0.15, -0.1) is 0 Å². The molecular formula is C18H22FN5O4. The predicted molar refractivity (Wildman–Crippen MR) is 98.0 cm³/mol. The third kappa shape index (κ3) is 3.91. The van der Waals surface area contributed by atoms with Gasteiger partial charge in [0.15, 0.2) is 17.4 Å². The number of methoxy groups -OCH3 is 1. The van der Waals surface area contributed by atoms with Gasteiger partial charge in [0.1, 0.15) is 5.69 Å². The molecule has 0 amide bonds. The van der Waals surface area contributed by atoms with Gasteiger partial charge in [-0.1, -0.05) is 5.16 Å². The van der Waals surface area contributed by atoms with Crippen LogP contribution in [0.15, 0.2) is 16.7 Å². The first-order chi connectivity index (χ1) is 13.5. The van der Waals surface area contributed by atoms with Crippen LogP contribution in [0.3, 0.4) is 0 Å². The van der Waals surface area contributed by atoms with Crippen molar-refractivity contribution in [3.8, 4) is 5.75 Å². The minimum Gasteiger partial charge on any atom is -0.494 e. The Morgan fingerprint density at radius 2 is 2.14 bits per heavy atom. The fourth-order valence-corrected chi connectivity index (χ4v) is 3.49. The first-order valence-corrected chi connectivity index (χ1v) is 9.37. The van der Waals surface area contributed by atoms with Crippen LogP contribution in [0.1, 0.15) is 36.9 Å². The summed E-state index contributed by atoms with van der Waals surface area (Å²) in [4.78, 5) is 19.4. The number of aromatic nitrogens is 2. The molecule has 1 saturated carbocycles. The Balaban J connectivity index is 1.46. The monoisotopic (exact) mass is 391 g/mol. The zero-order valence-electron chi connectivity index (χ0n) is 15.6. The van der Waals surface area contributed by atoms with Crippen molar-refractivity contribution in [3.63, 3.8) is 0 Å². The van der Waals surface area contributed by atoms with Gasteiger partial charge in [0.2, 0.25) is 5.89 Å². The maximum atomic E-state index is 13.9. The predicted octanol–water partition coefficient (Wildman–Crippen LogP) is 2.72. The zero-order valence-corrected chi connectivity index (χ0v) is 15.6. The molecule has 9 nitrogen and oxygen atoms in total. The Hall–Kier alpha value is -2.75. The Labute approximate surface area is 161 Å². The molecule has 0 unspecified atom stereocenters. The van der Waals surface area contributed by atoms with E-state index >= 15 is 0 Å². The third-order valence-corrected chi connectivity index (χ3v) is 5.15. The molecule has 28 heavy (non-hydrogen) atoms. The molecule has 0 N–H and O–H groups in total. The van der Waals surface area contributed by atoms with Crippen LogP contribution >= 0.6 is 0 Å². The van der Waals surface area contributed by atoms with Crippen LogP contribution in [0.2, 0.25) is 0 Å². The maximum absolute atomic E-state index is 13.9. The lowest BCUT2D eigenvalue weighted by molar-refractivity contribution is -0.384. The van der Waals surface area contributed by atoms with Crippen molar-refractivity contribution in [2.75, 3.05) is 38.2 Å². The molecular weight excluding hydrogens is 369 g/mol. The van der Waals surface area contributed by atoms with Gasteiger partial charge >= 0.3 is 0 Å². The summed E-state index contributed by atoms with van der Waals surface area (Å²) in [6.07, 6.45) is 3.03.